The first kappa shape index (κ1) is 22.8. The van der Waals surface area contributed by atoms with Crippen molar-refractivity contribution >= 4 is 23.4 Å². The van der Waals surface area contributed by atoms with Crippen molar-refractivity contribution in [2.75, 3.05) is 6.61 Å². The lowest BCUT2D eigenvalue weighted by molar-refractivity contribution is -0.142. The predicted molar refractivity (Wildman–Crippen MR) is 116 cm³/mol. The molecule has 156 valence electrons. The Morgan fingerprint density at radius 3 is 2.52 bits per heavy atom. The molecule has 0 saturated heterocycles. The smallest absolute Gasteiger partial charge is 0.261 e. The third-order valence-corrected chi connectivity index (χ3v) is 5.16. The van der Waals surface area contributed by atoms with Gasteiger partial charge in [0.05, 0.1) is 0 Å². The van der Waals surface area contributed by atoms with Gasteiger partial charge in [-0.05, 0) is 56.5 Å². The van der Waals surface area contributed by atoms with Gasteiger partial charge in [0.15, 0.2) is 6.61 Å². The Morgan fingerprint density at radius 1 is 1.14 bits per heavy atom. The van der Waals surface area contributed by atoms with Gasteiger partial charge in [-0.1, -0.05) is 48.9 Å². The van der Waals surface area contributed by atoms with Crippen LogP contribution in [0.25, 0.3) is 0 Å². The number of hydrogen-bond donors (Lipinski definition) is 1. The van der Waals surface area contributed by atoms with Crippen LogP contribution in [0.3, 0.4) is 0 Å². The highest BCUT2D eigenvalue weighted by Crippen LogP contribution is 2.18. The summed E-state index contributed by atoms with van der Waals surface area (Å²) in [6.45, 7) is 7.84. The van der Waals surface area contributed by atoms with E-state index in [0.29, 0.717) is 17.3 Å². The summed E-state index contributed by atoms with van der Waals surface area (Å²) in [6.07, 6.45) is 0.822. The first-order valence-corrected chi connectivity index (χ1v) is 10.2. The zero-order valence-electron chi connectivity index (χ0n) is 17.4. The van der Waals surface area contributed by atoms with Crippen molar-refractivity contribution in [3.8, 4) is 5.75 Å². The van der Waals surface area contributed by atoms with E-state index < -0.39 is 6.04 Å². The van der Waals surface area contributed by atoms with E-state index in [0.717, 1.165) is 17.5 Å². The van der Waals surface area contributed by atoms with Gasteiger partial charge < -0.3 is 15.0 Å². The Bertz CT molecular complexity index is 840. The van der Waals surface area contributed by atoms with E-state index >= 15 is 0 Å². The number of amides is 2. The molecule has 0 saturated carbocycles. The molecule has 0 aliphatic carbocycles. The van der Waals surface area contributed by atoms with Crippen LogP contribution in [-0.4, -0.2) is 35.4 Å². The molecule has 5 nitrogen and oxygen atoms in total. The summed E-state index contributed by atoms with van der Waals surface area (Å²) in [5.41, 5.74) is 2.06. The third kappa shape index (κ3) is 6.79. The summed E-state index contributed by atoms with van der Waals surface area (Å²) in [6, 6.07) is 14.1. The number of nitrogens with zero attached hydrogens (tertiary/aromatic N) is 1. The Labute approximate surface area is 178 Å². The van der Waals surface area contributed by atoms with Crippen LogP contribution >= 0.6 is 11.6 Å². The fraction of sp³-hybridized carbons (Fsp3) is 0.391. The van der Waals surface area contributed by atoms with Crippen molar-refractivity contribution in [3.63, 3.8) is 0 Å². The minimum absolute atomic E-state index is 0.0445. The summed E-state index contributed by atoms with van der Waals surface area (Å²) in [5, 5.41) is 3.49. The topological polar surface area (TPSA) is 58.6 Å². The highest BCUT2D eigenvalue weighted by molar-refractivity contribution is 6.30. The molecule has 0 aromatic heterocycles. The standard InChI is InChI=1S/C23H29ClN2O3/c1-5-17(3)25-23(28)18(4)26(14-19-10-7-6-9-16(19)2)22(27)15-29-21-12-8-11-20(24)13-21/h6-13,17-18H,5,14-15H2,1-4H3,(H,25,28)/t17-,18+/m1/s1. The van der Waals surface area contributed by atoms with Gasteiger partial charge in [0.25, 0.3) is 5.91 Å². The molecule has 0 aliphatic rings. The Balaban J connectivity index is 2.17. The summed E-state index contributed by atoms with van der Waals surface area (Å²) in [5.74, 6) is 0.0717. The van der Waals surface area contributed by atoms with Gasteiger partial charge in [-0.15, -0.1) is 0 Å². The van der Waals surface area contributed by atoms with Crippen LogP contribution in [0.1, 0.15) is 38.3 Å². The van der Waals surface area contributed by atoms with Gasteiger partial charge in [-0.2, -0.15) is 0 Å². The number of halogens is 1. The zero-order valence-corrected chi connectivity index (χ0v) is 18.2. The van der Waals surface area contributed by atoms with Crippen LogP contribution in [0.4, 0.5) is 0 Å². The molecule has 1 N–H and O–H groups in total. The molecule has 2 amide bonds. The average molecular weight is 417 g/mol. The Morgan fingerprint density at radius 2 is 1.86 bits per heavy atom. The van der Waals surface area contributed by atoms with Crippen molar-refractivity contribution < 1.29 is 14.3 Å². The van der Waals surface area contributed by atoms with Crippen molar-refractivity contribution in [2.24, 2.45) is 0 Å². The number of carbonyl (C=O) groups excluding carboxylic acids is 2. The first-order chi connectivity index (χ1) is 13.8. The molecule has 2 aromatic rings. The molecule has 0 fully saturated rings. The second-order valence-corrected chi connectivity index (χ2v) is 7.62. The second kappa shape index (κ2) is 10.9. The van der Waals surface area contributed by atoms with E-state index in [1.807, 2.05) is 45.0 Å². The number of benzene rings is 2. The van der Waals surface area contributed by atoms with Gasteiger partial charge in [0, 0.05) is 17.6 Å². The normalized spacial score (nSPS) is 12.7. The maximum atomic E-state index is 13.0. The fourth-order valence-electron chi connectivity index (χ4n) is 2.80. The van der Waals surface area contributed by atoms with Crippen LogP contribution in [0.2, 0.25) is 5.02 Å². The molecular weight excluding hydrogens is 388 g/mol. The van der Waals surface area contributed by atoms with Crippen molar-refractivity contribution in [3.05, 3.63) is 64.7 Å². The minimum atomic E-state index is -0.626. The molecule has 2 atom stereocenters. The summed E-state index contributed by atoms with van der Waals surface area (Å²) < 4.78 is 5.62. The lowest BCUT2D eigenvalue weighted by Crippen LogP contribution is -2.50. The molecule has 2 rings (SSSR count). The fourth-order valence-corrected chi connectivity index (χ4v) is 2.98. The molecule has 6 heteroatoms. The van der Waals surface area contributed by atoms with E-state index in [1.165, 1.54) is 0 Å². The van der Waals surface area contributed by atoms with Crippen LogP contribution in [0.15, 0.2) is 48.5 Å². The van der Waals surface area contributed by atoms with Gasteiger partial charge in [0.2, 0.25) is 5.91 Å². The molecule has 0 bridgehead atoms. The molecule has 0 radical (unpaired) electrons. The van der Waals surface area contributed by atoms with E-state index in [2.05, 4.69) is 5.32 Å². The van der Waals surface area contributed by atoms with Crippen LogP contribution in [0, 0.1) is 6.92 Å². The number of hydrogen-bond acceptors (Lipinski definition) is 3. The number of nitrogens with one attached hydrogen (secondary N) is 1. The summed E-state index contributed by atoms with van der Waals surface area (Å²) in [4.78, 5) is 27.3. The molecule has 2 aromatic carbocycles. The number of aryl methyl sites for hydroxylation is 1. The molecule has 0 heterocycles. The minimum Gasteiger partial charge on any atom is -0.484 e. The average Bonchev–Trinajstić information content (AvgIpc) is 2.70. The third-order valence-electron chi connectivity index (χ3n) is 4.93. The monoisotopic (exact) mass is 416 g/mol. The Hall–Kier alpha value is -2.53. The highest BCUT2D eigenvalue weighted by atomic mass is 35.5. The Kier molecular flexibility index (Phi) is 8.52. The summed E-state index contributed by atoms with van der Waals surface area (Å²) >= 11 is 5.97. The number of ether oxygens (including phenoxy) is 1. The summed E-state index contributed by atoms with van der Waals surface area (Å²) in [7, 11) is 0. The molecule has 0 aliphatic heterocycles. The van der Waals surface area contributed by atoms with Crippen molar-refractivity contribution in [1.29, 1.82) is 0 Å². The molecule has 0 spiro atoms. The van der Waals surface area contributed by atoms with Gasteiger partial charge >= 0.3 is 0 Å². The van der Waals surface area contributed by atoms with E-state index in [-0.39, 0.29) is 24.5 Å². The number of rotatable bonds is 9. The molecular formula is C23H29ClN2O3. The van der Waals surface area contributed by atoms with Crippen molar-refractivity contribution in [2.45, 2.75) is 52.7 Å². The number of carbonyl (C=O) groups is 2. The van der Waals surface area contributed by atoms with Gasteiger partial charge in [-0.3, -0.25) is 9.59 Å². The second-order valence-electron chi connectivity index (χ2n) is 7.19. The lowest BCUT2D eigenvalue weighted by Gasteiger charge is -2.30. The maximum absolute atomic E-state index is 13.0. The van der Waals surface area contributed by atoms with Crippen LogP contribution < -0.4 is 10.1 Å². The largest absolute Gasteiger partial charge is 0.484 e. The van der Waals surface area contributed by atoms with E-state index in [9.17, 15) is 9.59 Å². The lowest BCUT2D eigenvalue weighted by atomic mass is 10.1. The first-order valence-electron chi connectivity index (χ1n) is 9.84. The maximum Gasteiger partial charge on any atom is 0.261 e. The van der Waals surface area contributed by atoms with E-state index in [1.54, 1.807) is 36.1 Å². The highest BCUT2D eigenvalue weighted by Gasteiger charge is 2.27. The SMILES string of the molecule is CC[C@@H](C)NC(=O)[C@H](C)N(Cc1ccccc1C)C(=O)COc1cccc(Cl)c1. The van der Waals surface area contributed by atoms with Gasteiger partial charge in [-0.25, -0.2) is 0 Å². The van der Waals surface area contributed by atoms with Crippen molar-refractivity contribution in [1.82, 2.24) is 10.2 Å². The van der Waals surface area contributed by atoms with Crippen LogP contribution in [0.5, 0.6) is 5.75 Å². The van der Waals surface area contributed by atoms with Gasteiger partial charge in [0.1, 0.15) is 11.8 Å². The molecule has 29 heavy (non-hydrogen) atoms. The predicted octanol–water partition coefficient (Wildman–Crippen LogP) is 4.36. The van der Waals surface area contributed by atoms with Crippen LogP contribution in [-0.2, 0) is 16.1 Å². The molecule has 0 unspecified atom stereocenters. The van der Waals surface area contributed by atoms with E-state index in [4.69, 9.17) is 16.3 Å². The zero-order chi connectivity index (χ0) is 21.4. The quantitative estimate of drug-likeness (QED) is 0.660.